The summed E-state index contributed by atoms with van der Waals surface area (Å²) in [7, 11) is -2.85. The van der Waals surface area contributed by atoms with Crippen LogP contribution in [0.1, 0.15) is 27.0 Å². The van der Waals surface area contributed by atoms with E-state index in [4.69, 9.17) is 0 Å². The van der Waals surface area contributed by atoms with Crippen molar-refractivity contribution in [3.8, 4) is 17.6 Å². The predicted octanol–water partition coefficient (Wildman–Crippen LogP) is 3.79. The molecular formula is C22H18N2O3S. The second-order valence-corrected chi connectivity index (χ2v) is 8.48. The Bertz CT molecular complexity index is 1220. The van der Waals surface area contributed by atoms with Gasteiger partial charge in [-0.1, -0.05) is 30.0 Å². The van der Waals surface area contributed by atoms with Gasteiger partial charge in [0.2, 0.25) is 0 Å². The molecule has 1 heterocycles. The standard InChI is InChI=1S/C22H18N2O3S/c1-16-12-17(10-11-21(16)25)8-9-18-13-19(15-23-14-18)22(26)24-28(2,27)20-6-4-3-5-7-20/h3-7,10-15,25H,1-2H3/t28-/m0/s1. The Labute approximate surface area is 164 Å². The lowest BCUT2D eigenvalue weighted by Gasteiger charge is -2.03. The number of aromatic hydroxyl groups is 1. The fourth-order valence-electron chi connectivity index (χ4n) is 2.44. The van der Waals surface area contributed by atoms with Gasteiger partial charge in [0.05, 0.1) is 15.3 Å². The van der Waals surface area contributed by atoms with E-state index >= 15 is 0 Å². The molecule has 6 heteroatoms. The van der Waals surface area contributed by atoms with E-state index in [1.165, 1.54) is 18.6 Å². The first kappa shape index (κ1) is 19.3. The maximum Gasteiger partial charge on any atom is 0.286 e. The Morgan fingerprint density at radius 1 is 1.04 bits per heavy atom. The number of carbonyl (C=O) groups excluding carboxylic acids is 1. The topological polar surface area (TPSA) is 79.6 Å². The van der Waals surface area contributed by atoms with Gasteiger partial charge in [-0.3, -0.25) is 9.78 Å². The average Bonchev–Trinajstić information content (AvgIpc) is 2.69. The highest BCUT2D eigenvalue weighted by molar-refractivity contribution is 7.93. The highest BCUT2D eigenvalue weighted by Crippen LogP contribution is 2.16. The summed E-state index contributed by atoms with van der Waals surface area (Å²) in [5.74, 6) is 5.52. The second kappa shape index (κ2) is 8.07. The number of benzene rings is 2. The van der Waals surface area contributed by atoms with Crippen LogP contribution in [0.2, 0.25) is 0 Å². The Balaban J connectivity index is 1.88. The molecule has 0 bridgehead atoms. The minimum absolute atomic E-state index is 0.211. The van der Waals surface area contributed by atoms with Crippen LogP contribution in [0, 0.1) is 18.8 Å². The number of aryl methyl sites for hydroxylation is 1. The minimum Gasteiger partial charge on any atom is -0.508 e. The summed E-state index contributed by atoms with van der Waals surface area (Å²) in [6, 6.07) is 15.3. The number of rotatable bonds is 2. The van der Waals surface area contributed by atoms with Gasteiger partial charge >= 0.3 is 0 Å². The summed E-state index contributed by atoms with van der Waals surface area (Å²) < 4.78 is 16.7. The summed E-state index contributed by atoms with van der Waals surface area (Å²) in [4.78, 5) is 17.0. The molecule has 1 N–H and O–H groups in total. The highest BCUT2D eigenvalue weighted by atomic mass is 32.2. The number of amides is 1. The Hall–Kier alpha value is -3.43. The zero-order chi connectivity index (χ0) is 20.1. The number of carbonyl (C=O) groups is 1. The molecule has 0 unspecified atom stereocenters. The lowest BCUT2D eigenvalue weighted by Crippen LogP contribution is -2.04. The van der Waals surface area contributed by atoms with Crippen molar-refractivity contribution in [3.63, 3.8) is 0 Å². The SMILES string of the molecule is Cc1cc(C#Cc2cncc(C(=O)N=[S@@](C)(=O)c3ccccc3)c2)ccc1O. The van der Waals surface area contributed by atoms with Crippen molar-refractivity contribution in [1.82, 2.24) is 4.98 Å². The van der Waals surface area contributed by atoms with Gasteiger partial charge in [-0.05, 0) is 48.9 Å². The van der Waals surface area contributed by atoms with Crippen LogP contribution in [0.5, 0.6) is 5.75 Å². The largest absolute Gasteiger partial charge is 0.508 e. The van der Waals surface area contributed by atoms with Crippen LogP contribution in [-0.2, 0) is 9.73 Å². The molecule has 3 aromatic rings. The number of pyridine rings is 1. The van der Waals surface area contributed by atoms with E-state index in [0.717, 1.165) is 11.1 Å². The molecule has 0 radical (unpaired) electrons. The second-order valence-electron chi connectivity index (χ2n) is 6.23. The molecule has 1 atom stereocenters. The van der Waals surface area contributed by atoms with Crippen LogP contribution in [-0.4, -0.2) is 26.5 Å². The van der Waals surface area contributed by atoms with Crippen LogP contribution in [0.25, 0.3) is 0 Å². The molecule has 3 rings (SSSR count). The van der Waals surface area contributed by atoms with Gasteiger partial charge in [-0.15, -0.1) is 0 Å². The lowest BCUT2D eigenvalue weighted by molar-refractivity contribution is 0.100. The zero-order valence-electron chi connectivity index (χ0n) is 15.4. The maximum absolute atomic E-state index is 12.8. The highest BCUT2D eigenvalue weighted by Gasteiger charge is 2.11. The van der Waals surface area contributed by atoms with Crippen molar-refractivity contribution in [1.29, 1.82) is 0 Å². The van der Waals surface area contributed by atoms with Crippen molar-refractivity contribution in [2.45, 2.75) is 11.8 Å². The normalized spacial score (nSPS) is 12.4. The predicted molar refractivity (Wildman–Crippen MR) is 109 cm³/mol. The van der Waals surface area contributed by atoms with Crippen LogP contribution < -0.4 is 0 Å². The van der Waals surface area contributed by atoms with Crippen molar-refractivity contribution in [3.05, 3.63) is 89.2 Å². The first-order chi connectivity index (χ1) is 13.3. The Morgan fingerprint density at radius 2 is 1.75 bits per heavy atom. The molecule has 2 aromatic carbocycles. The Morgan fingerprint density at radius 3 is 2.46 bits per heavy atom. The van der Waals surface area contributed by atoms with Crippen LogP contribution in [0.15, 0.2) is 76.2 Å². The summed E-state index contributed by atoms with van der Waals surface area (Å²) >= 11 is 0. The zero-order valence-corrected chi connectivity index (χ0v) is 16.2. The molecule has 140 valence electrons. The van der Waals surface area contributed by atoms with Gasteiger partial charge in [0.25, 0.3) is 5.91 Å². The minimum atomic E-state index is -2.85. The van der Waals surface area contributed by atoms with Crippen molar-refractivity contribution >= 4 is 15.6 Å². The van der Waals surface area contributed by atoms with Gasteiger partial charge in [-0.2, -0.15) is 4.36 Å². The Kier molecular flexibility index (Phi) is 5.57. The third-order valence-corrected chi connectivity index (χ3v) is 5.63. The maximum atomic E-state index is 12.8. The molecule has 0 fully saturated rings. The third kappa shape index (κ3) is 4.64. The molecule has 0 aliphatic rings. The molecular weight excluding hydrogens is 372 g/mol. The van der Waals surface area contributed by atoms with Gasteiger partial charge in [0.1, 0.15) is 5.75 Å². The molecule has 5 nitrogen and oxygen atoms in total. The average molecular weight is 390 g/mol. The number of phenolic OH excluding ortho intramolecular Hbond substituents is 1. The van der Waals surface area contributed by atoms with E-state index in [-0.39, 0.29) is 11.3 Å². The van der Waals surface area contributed by atoms with Crippen LogP contribution >= 0.6 is 0 Å². The summed E-state index contributed by atoms with van der Waals surface area (Å²) in [5, 5.41) is 9.57. The monoisotopic (exact) mass is 390 g/mol. The van der Waals surface area contributed by atoms with E-state index in [1.54, 1.807) is 55.5 Å². The van der Waals surface area contributed by atoms with Crippen LogP contribution in [0.3, 0.4) is 0 Å². The molecule has 0 spiro atoms. The number of hydrogen-bond acceptors (Lipinski definition) is 4. The van der Waals surface area contributed by atoms with Gasteiger partial charge in [0, 0.05) is 34.7 Å². The summed E-state index contributed by atoms with van der Waals surface area (Å²) in [6.45, 7) is 1.79. The van der Waals surface area contributed by atoms with E-state index in [9.17, 15) is 14.1 Å². The van der Waals surface area contributed by atoms with Crippen molar-refractivity contribution in [2.75, 3.05) is 6.26 Å². The summed E-state index contributed by atoms with van der Waals surface area (Å²) in [5.41, 5.74) is 2.22. The number of nitrogens with zero attached hydrogens (tertiary/aromatic N) is 2. The fourth-order valence-corrected chi connectivity index (χ4v) is 3.63. The van der Waals surface area contributed by atoms with Crippen molar-refractivity contribution < 1.29 is 14.1 Å². The molecule has 0 aliphatic carbocycles. The molecule has 28 heavy (non-hydrogen) atoms. The number of aromatic nitrogens is 1. The molecule has 0 saturated carbocycles. The first-order valence-electron chi connectivity index (χ1n) is 8.43. The quantitative estimate of drug-likeness (QED) is 0.675. The molecule has 1 aromatic heterocycles. The third-order valence-electron chi connectivity index (χ3n) is 3.97. The number of phenols is 1. The van der Waals surface area contributed by atoms with E-state index in [2.05, 4.69) is 21.2 Å². The van der Waals surface area contributed by atoms with Gasteiger partial charge < -0.3 is 5.11 Å². The number of hydrogen-bond donors (Lipinski definition) is 1. The molecule has 0 saturated heterocycles. The summed E-state index contributed by atoms with van der Waals surface area (Å²) in [6.07, 6.45) is 4.35. The first-order valence-corrected chi connectivity index (χ1v) is 10.4. The van der Waals surface area contributed by atoms with Crippen LogP contribution in [0.4, 0.5) is 0 Å². The lowest BCUT2D eigenvalue weighted by atomic mass is 10.1. The van der Waals surface area contributed by atoms with E-state index < -0.39 is 15.6 Å². The molecule has 1 amide bonds. The molecule has 0 aliphatic heterocycles. The van der Waals surface area contributed by atoms with Gasteiger partial charge in [0.15, 0.2) is 0 Å². The van der Waals surface area contributed by atoms with E-state index in [1.807, 2.05) is 6.07 Å². The van der Waals surface area contributed by atoms with E-state index in [0.29, 0.717) is 10.5 Å². The smallest absolute Gasteiger partial charge is 0.286 e. The van der Waals surface area contributed by atoms with Crippen molar-refractivity contribution in [2.24, 2.45) is 4.36 Å². The fraction of sp³-hybridized carbons (Fsp3) is 0.0909. The van der Waals surface area contributed by atoms with Gasteiger partial charge in [-0.25, -0.2) is 4.21 Å².